The minimum Gasteiger partial charge on any atom is -0.467 e. The van der Waals surface area contributed by atoms with Gasteiger partial charge in [0.2, 0.25) is 0 Å². The van der Waals surface area contributed by atoms with E-state index in [0.29, 0.717) is 5.92 Å². The quantitative estimate of drug-likeness (QED) is 0.879. The van der Waals surface area contributed by atoms with Gasteiger partial charge < -0.3 is 10.1 Å². The standard InChI is InChI=1S/C20H22N2O2/c1-13(2)14-8-10-15(11-9-14)22-19(23)21-17-12-20(22,3)24-18-7-5-4-6-16(17)18/h4-11,13,17H,12H2,1-3H3,(H,21,23)/t17-,20+/m1/s1. The predicted octanol–water partition coefficient (Wildman–Crippen LogP) is 4.58. The van der Waals surface area contributed by atoms with Gasteiger partial charge in [0.05, 0.1) is 6.04 Å². The lowest BCUT2D eigenvalue weighted by atomic mass is 9.90. The zero-order chi connectivity index (χ0) is 16.9. The number of carbonyl (C=O) groups is 1. The average molecular weight is 322 g/mol. The van der Waals surface area contributed by atoms with Crippen LogP contribution in [0.15, 0.2) is 48.5 Å². The first-order valence-electron chi connectivity index (χ1n) is 8.46. The molecule has 0 spiro atoms. The van der Waals surface area contributed by atoms with E-state index in [4.69, 9.17) is 4.74 Å². The third kappa shape index (κ3) is 2.25. The molecular formula is C20H22N2O2. The fourth-order valence-electron chi connectivity index (χ4n) is 3.72. The van der Waals surface area contributed by atoms with E-state index in [1.54, 1.807) is 4.90 Å². The molecule has 2 amide bonds. The molecule has 2 atom stereocenters. The van der Waals surface area contributed by atoms with Crippen LogP contribution in [0.1, 0.15) is 50.3 Å². The molecule has 2 bridgehead atoms. The van der Waals surface area contributed by atoms with Crippen molar-refractivity contribution in [2.45, 2.75) is 44.9 Å². The third-order valence-corrected chi connectivity index (χ3v) is 5.00. The van der Waals surface area contributed by atoms with Crippen molar-refractivity contribution < 1.29 is 9.53 Å². The van der Waals surface area contributed by atoms with Crippen molar-refractivity contribution in [1.29, 1.82) is 0 Å². The molecule has 0 unspecified atom stereocenters. The molecule has 4 heteroatoms. The Morgan fingerprint density at radius 2 is 1.88 bits per heavy atom. The molecule has 0 saturated carbocycles. The van der Waals surface area contributed by atoms with E-state index < -0.39 is 5.72 Å². The van der Waals surface area contributed by atoms with Gasteiger partial charge in [-0.05, 0) is 36.6 Å². The Bertz CT molecular complexity index is 784. The summed E-state index contributed by atoms with van der Waals surface area (Å²) >= 11 is 0. The summed E-state index contributed by atoms with van der Waals surface area (Å²) in [6.45, 7) is 6.32. The molecular weight excluding hydrogens is 300 g/mol. The number of hydrogen-bond donors (Lipinski definition) is 1. The summed E-state index contributed by atoms with van der Waals surface area (Å²) in [6.07, 6.45) is 0.724. The van der Waals surface area contributed by atoms with E-state index >= 15 is 0 Å². The Morgan fingerprint density at radius 3 is 2.58 bits per heavy atom. The van der Waals surface area contributed by atoms with Crippen molar-refractivity contribution in [3.05, 3.63) is 59.7 Å². The highest BCUT2D eigenvalue weighted by Gasteiger charge is 2.49. The highest BCUT2D eigenvalue weighted by molar-refractivity contribution is 5.94. The normalized spacial score (nSPS) is 25.1. The Balaban J connectivity index is 1.74. The molecule has 1 fully saturated rings. The van der Waals surface area contributed by atoms with E-state index in [-0.39, 0.29) is 12.1 Å². The summed E-state index contributed by atoms with van der Waals surface area (Å²) in [5.41, 5.74) is 2.49. The van der Waals surface area contributed by atoms with E-state index in [2.05, 4.69) is 31.3 Å². The summed E-state index contributed by atoms with van der Waals surface area (Å²) in [5, 5.41) is 3.12. The molecule has 2 aliphatic rings. The molecule has 2 aromatic carbocycles. The minimum absolute atomic E-state index is 0.00126. The number of amides is 2. The first-order valence-corrected chi connectivity index (χ1v) is 8.46. The molecule has 24 heavy (non-hydrogen) atoms. The number of anilines is 1. The molecule has 2 aromatic rings. The van der Waals surface area contributed by atoms with Crippen LogP contribution in [-0.4, -0.2) is 11.8 Å². The number of nitrogens with one attached hydrogen (secondary N) is 1. The predicted molar refractivity (Wildman–Crippen MR) is 94.4 cm³/mol. The molecule has 1 saturated heterocycles. The second kappa shape index (κ2) is 5.26. The fourth-order valence-corrected chi connectivity index (χ4v) is 3.72. The van der Waals surface area contributed by atoms with Crippen LogP contribution in [0.5, 0.6) is 5.75 Å². The van der Waals surface area contributed by atoms with Gasteiger partial charge in [0, 0.05) is 17.7 Å². The smallest absolute Gasteiger partial charge is 0.325 e. The highest BCUT2D eigenvalue weighted by Crippen LogP contribution is 2.45. The second-order valence-electron chi connectivity index (χ2n) is 7.10. The number of hydrogen-bond acceptors (Lipinski definition) is 2. The van der Waals surface area contributed by atoms with Gasteiger partial charge in [0.15, 0.2) is 5.72 Å². The highest BCUT2D eigenvalue weighted by atomic mass is 16.5. The zero-order valence-electron chi connectivity index (χ0n) is 14.2. The lowest BCUT2D eigenvalue weighted by Crippen LogP contribution is -2.65. The largest absolute Gasteiger partial charge is 0.467 e. The summed E-state index contributed by atoms with van der Waals surface area (Å²) in [7, 11) is 0. The average Bonchev–Trinajstić information content (AvgIpc) is 2.54. The van der Waals surface area contributed by atoms with Gasteiger partial charge in [0.25, 0.3) is 0 Å². The number of benzene rings is 2. The number of ether oxygens (including phenoxy) is 1. The van der Waals surface area contributed by atoms with Crippen molar-refractivity contribution in [2.75, 3.05) is 4.90 Å². The molecule has 0 aliphatic carbocycles. The molecule has 4 rings (SSSR count). The van der Waals surface area contributed by atoms with Crippen molar-refractivity contribution in [1.82, 2.24) is 5.32 Å². The van der Waals surface area contributed by atoms with E-state index in [1.165, 1.54) is 5.56 Å². The van der Waals surface area contributed by atoms with E-state index in [1.807, 2.05) is 43.3 Å². The van der Waals surface area contributed by atoms with Gasteiger partial charge in [0.1, 0.15) is 5.75 Å². The molecule has 2 aliphatic heterocycles. The third-order valence-electron chi connectivity index (χ3n) is 5.00. The molecule has 124 valence electrons. The summed E-state index contributed by atoms with van der Waals surface area (Å²) < 4.78 is 6.27. The monoisotopic (exact) mass is 322 g/mol. The van der Waals surface area contributed by atoms with Crippen LogP contribution in [-0.2, 0) is 0 Å². The Labute approximate surface area is 142 Å². The molecule has 2 heterocycles. The summed E-state index contributed by atoms with van der Waals surface area (Å²) in [6, 6.07) is 16.0. The number of nitrogens with zero attached hydrogens (tertiary/aromatic N) is 1. The Hall–Kier alpha value is -2.49. The van der Waals surface area contributed by atoms with Gasteiger partial charge in [-0.3, -0.25) is 4.90 Å². The number of carbonyl (C=O) groups excluding carboxylic acids is 1. The molecule has 0 aromatic heterocycles. The van der Waals surface area contributed by atoms with Crippen LogP contribution in [0, 0.1) is 0 Å². The second-order valence-corrected chi connectivity index (χ2v) is 7.10. The fraction of sp³-hybridized carbons (Fsp3) is 0.350. The van der Waals surface area contributed by atoms with Crippen molar-refractivity contribution >= 4 is 11.7 Å². The van der Waals surface area contributed by atoms with Crippen LogP contribution < -0.4 is 15.0 Å². The summed E-state index contributed by atoms with van der Waals surface area (Å²) in [4.78, 5) is 14.5. The van der Waals surface area contributed by atoms with Gasteiger partial charge in [-0.25, -0.2) is 4.79 Å². The zero-order valence-corrected chi connectivity index (χ0v) is 14.2. The Kier molecular flexibility index (Phi) is 3.30. The molecule has 1 N–H and O–H groups in total. The maximum absolute atomic E-state index is 12.8. The first kappa shape index (κ1) is 15.1. The van der Waals surface area contributed by atoms with Gasteiger partial charge in [-0.1, -0.05) is 44.2 Å². The number of fused-ring (bicyclic) bond motifs is 4. The first-order chi connectivity index (χ1) is 11.5. The van der Waals surface area contributed by atoms with E-state index in [0.717, 1.165) is 23.4 Å². The van der Waals surface area contributed by atoms with Gasteiger partial charge in [-0.15, -0.1) is 0 Å². The van der Waals surface area contributed by atoms with Crippen LogP contribution in [0.3, 0.4) is 0 Å². The molecule has 4 nitrogen and oxygen atoms in total. The SMILES string of the molecule is CC(C)c1ccc(N2C(=O)N[C@@H]3C[C@]2(C)Oc2ccccc23)cc1. The lowest BCUT2D eigenvalue weighted by molar-refractivity contribution is 0.0379. The summed E-state index contributed by atoms with van der Waals surface area (Å²) in [5.74, 6) is 1.31. The number of urea groups is 1. The van der Waals surface area contributed by atoms with E-state index in [9.17, 15) is 4.79 Å². The van der Waals surface area contributed by atoms with Gasteiger partial charge >= 0.3 is 6.03 Å². The topological polar surface area (TPSA) is 41.6 Å². The Morgan fingerprint density at radius 1 is 1.17 bits per heavy atom. The maximum atomic E-state index is 12.8. The number of para-hydroxylation sites is 1. The van der Waals surface area contributed by atoms with Crippen molar-refractivity contribution in [2.24, 2.45) is 0 Å². The lowest BCUT2D eigenvalue weighted by Gasteiger charge is -2.50. The minimum atomic E-state index is -0.680. The maximum Gasteiger partial charge on any atom is 0.325 e. The van der Waals surface area contributed by atoms with Crippen LogP contribution in [0.4, 0.5) is 10.5 Å². The van der Waals surface area contributed by atoms with Crippen molar-refractivity contribution in [3.8, 4) is 5.75 Å². The van der Waals surface area contributed by atoms with Crippen LogP contribution in [0.25, 0.3) is 0 Å². The number of rotatable bonds is 2. The van der Waals surface area contributed by atoms with Crippen LogP contribution >= 0.6 is 0 Å². The molecule has 0 radical (unpaired) electrons. The van der Waals surface area contributed by atoms with Crippen molar-refractivity contribution in [3.63, 3.8) is 0 Å². The van der Waals surface area contributed by atoms with Crippen LogP contribution in [0.2, 0.25) is 0 Å². The van der Waals surface area contributed by atoms with Gasteiger partial charge in [-0.2, -0.15) is 0 Å².